The average molecular weight is 555 g/mol. The van der Waals surface area contributed by atoms with Gasteiger partial charge in [-0.1, -0.05) is 59.6 Å². The third-order valence-corrected chi connectivity index (χ3v) is 9.52. The number of rotatable bonds is 5. The number of hydrogen-bond acceptors (Lipinski definition) is 7. The Hall–Kier alpha value is -3.40. The lowest BCUT2D eigenvalue weighted by Crippen LogP contribution is -2.54. The van der Waals surface area contributed by atoms with E-state index in [-0.39, 0.29) is 11.4 Å². The summed E-state index contributed by atoms with van der Waals surface area (Å²) in [6.07, 6.45) is 0. The molecule has 1 N–H and O–H groups in total. The summed E-state index contributed by atoms with van der Waals surface area (Å²) in [6, 6.07) is 18.7. The van der Waals surface area contributed by atoms with E-state index in [9.17, 15) is 18.0 Å². The Labute approximate surface area is 226 Å². The van der Waals surface area contributed by atoms with Crippen LogP contribution in [0.1, 0.15) is 28.7 Å². The molecule has 8 nitrogen and oxygen atoms in total. The van der Waals surface area contributed by atoms with Crippen molar-refractivity contribution in [2.75, 3.05) is 25.1 Å². The molecule has 4 atom stereocenters. The molecule has 0 spiro atoms. The number of benzene rings is 3. The zero-order valence-electron chi connectivity index (χ0n) is 21.1. The standard InChI is InChI=1S/C28H27ClN2O6S/c1-17-9-12-20(13-10-17)38(34,35)31-16-28(27(33)37-3)23(18-7-5-4-6-8-18)24(26(32)36-2)30-25(28)21-15-19(29)11-14-22(21)31/h4-15,23-25,30H,16H2,1-3H3/t23-,24+,25+,28+/m1/s1. The van der Waals surface area contributed by atoms with Crippen molar-refractivity contribution in [2.45, 2.75) is 29.8 Å². The van der Waals surface area contributed by atoms with Gasteiger partial charge in [-0.25, -0.2) is 8.42 Å². The van der Waals surface area contributed by atoms with E-state index in [1.54, 1.807) is 42.5 Å². The van der Waals surface area contributed by atoms with Crippen LogP contribution in [-0.4, -0.2) is 47.2 Å². The van der Waals surface area contributed by atoms with Crippen LogP contribution in [0.2, 0.25) is 5.02 Å². The SMILES string of the molecule is COC(=O)[C@H]1N[C@H]2c3cc(Cl)ccc3N(S(=O)(=O)c3ccc(C)cc3)C[C@]2(C(=O)OC)[C@@H]1c1ccccc1. The Morgan fingerprint density at radius 3 is 2.32 bits per heavy atom. The van der Waals surface area contributed by atoms with Crippen LogP contribution in [0.4, 0.5) is 5.69 Å². The first-order chi connectivity index (χ1) is 18.1. The number of carbonyl (C=O) groups excluding carboxylic acids is 2. The van der Waals surface area contributed by atoms with E-state index in [0.29, 0.717) is 21.8 Å². The minimum absolute atomic E-state index is 0.0780. The van der Waals surface area contributed by atoms with E-state index in [0.717, 1.165) is 5.56 Å². The number of sulfonamides is 1. The van der Waals surface area contributed by atoms with Crippen LogP contribution in [0.5, 0.6) is 0 Å². The number of aryl methyl sites for hydroxylation is 1. The van der Waals surface area contributed by atoms with E-state index in [4.69, 9.17) is 21.1 Å². The van der Waals surface area contributed by atoms with E-state index >= 15 is 0 Å². The third kappa shape index (κ3) is 3.97. The Kier molecular flexibility index (Phi) is 6.71. The predicted octanol–water partition coefficient (Wildman–Crippen LogP) is 3.99. The van der Waals surface area contributed by atoms with Gasteiger partial charge in [-0.2, -0.15) is 0 Å². The van der Waals surface area contributed by atoms with Crippen molar-refractivity contribution in [1.82, 2.24) is 5.32 Å². The van der Waals surface area contributed by atoms with Crippen LogP contribution in [0, 0.1) is 12.3 Å². The molecule has 0 radical (unpaired) electrons. The smallest absolute Gasteiger partial charge is 0.323 e. The Bertz CT molecular complexity index is 1500. The highest BCUT2D eigenvalue weighted by atomic mass is 35.5. The molecule has 0 aromatic heterocycles. The number of esters is 2. The van der Waals surface area contributed by atoms with Crippen molar-refractivity contribution in [3.05, 3.63) is 94.5 Å². The molecule has 0 bridgehead atoms. The second-order valence-corrected chi connectivity index (χ2v) is 11.8. The first kappa shape index (κ1) is 26.2. The summed E-state index contributed by atoms with van der Waals surface area (Å²) in [5.41, 5.74) is 0.888. The molecule has 0 unspecified atom stereocenters. The highest BCUT2D eigenvalue weighted by Gasteiger charge is 2.67. The molecule has 1 saturated heterocycles. The van der Waals surface area contributed by atoms with Crippen molar-refractivity contribution < 1.29 is 27.5 Å². The summed E-state index contributed by atoms with van der Waals surface area (Å²) in [7, 11) is -1.60. The summed E-state index contributed by atoms with van der Waals surface area (Å²) in [5.74, 6) is -2.03. The summed E-state index contributed by atoms with van der Waals surface area (Å²) >= 11 is 6.40. The fourth-order valence-electron chi connectivity index (χ4n) is 5.80. The van der Waals surface area contributed by atoms with E-state index in [2.05, 4.69) is 5.32 Å². The van der Waals surface area contributed by atoms with Gasteiger partial charge in [0.2, 0.25) is 0 Å². The molecule has 0 aliphatic carbocycles. The molecule has 5 rings (SSSR count). The summed E-state index contributed by atoms with van der Waals surface area (Å²) in [6.45, 7) is 1.60. The van der Waals surface area contributed by atoms with Gasteiger partial charge in [0.05, 0.1) is 37.4 Å². The number of anilines is 1. The number of carbonyl (C=O) groups is 2. The lowest BCUT2D eigenvalue weighted by molar-refractivity contribution is -0.154. The molecule has 198 valence electrons. The first-order valence-corrected chi connectivity index (χ1v) is 13.8. The molecule has 0 saturated carbocycles. The third-order valence-electron chi connectivity index (χ3n) is 7.51. The number of halogens is 1. The minimum Gasteiger partial charge on any atom is -0.468 e. The van der Waals surface area contributed by atoms with Crippen LogP contribution in [0.15, 0.2) is 77.7 Å². The normalized spacial score (nSPS) is 24.3. The predicted molar refractivity (Wildman–Crippen MR) is 142 cm³/mol. The average Bonchev–Trinajstić information content (AvgIpc) is 3.29. The molecule has 2 aliphatic rings. The second-order valence-electron chi connectivity index (χ2n) is 9.55. The Balaban J connectivity index is 1.80. The van der Waals surface area contributed by atoms with Gasteiger partial charge < -0.3 is 9.47 Å². The van der Waals surface area contributed by atoms with Gasteiger partial charge in [0.25, 0.3) is 10.0 Å². The first-order valence-electron chi connectivity index (χ1n) is 12.0. The van der Waals surface area contributed by atoms with Crippen LogP contribution in [0.3, 0.4) is 0 Å². The maximum absolute atomic E-state index is 14.1. The van der Waals surface area contributed by atoms with Gasteiger partial charge in [-0.15, -0.1) is 0 Å². The highest BCUT2D eigenvalue weighted by molar-refractivity contribution is 7.92. The number of nitrogens with zero attached hydrogens (tertiary/aromatic N) is 1. The molecular weight excluding hydrogens is 528 g/mol. The fraction of sp³-hybridized carbons (Fsp3) is 0.286. The summed E-state index contributed by atoms with van der Waals surface area (Å²) in [5, 5.41) is 3.65. The second kappa shape index (κ2) is 9.72. The Morgan fingerprint density at radius 1 is 1.00 bits per heavy atom. The number of methoxy groups -OCH3 is 2. The van der Waals surface area contributed by atoms with Crippen LogP contribution < -0.4 is 9.62 Å². The quantitative estimate of drug-likeness (QED) is 0.476. The van der Waals surface area contributed by atoms with E-state index < -0.39 is 45.4 Å². The van der Waals surface area contributed by atoms with Gasteiger partial charge in [-0.05, 0) is 48.4 Å². The van der Waals surface area contributed by atoms with Gasteiger partial charge in [0.1, 0.15) is 11.5 Å². The largest absolute Gasteiger partial charge is 0.468 e. The number of nitrogens with one attached hydrogen (secondary N) is 1. The van der Waals surface area contributed by atoms with Crippen LogP contribution >= 0.6 is 11.6 Å². The van der Waals surface area contributed by atoms with Crippen molar-refractivity contribution in [1.29, 1.82) is 0 Å². The zero-order valence-corrected chi connectivity index (χ0v) is 22.6. The molecule has 0 amide bonds. The van der Waals surface area contributed by atoms with Gasteiger partial charge in [0.15, 0.2) is 0 Å². The molecule has 3 aromatic rings. The molecule has 1 fully saturated rings. The number of fused-ring (bicyclic) bond motifs is 3. The molecule has 10 heteroatoms. The van der Waals surface area contributed by atoms with Crippen molar-refractivity contribution in [2.24, 2.45) is 5.41 Å². The maximum Gasteiger partial charge on any atom is 0.323 e. The number of hydrogen-bond donors (Lipinski definition) is 1. The highest BCUT2D eigenvalue weighted by Crippen LogP contribution is 2.59. The van der Waals surface area contributed by atoms with Crippen LogP contribution in [0.25, 0.3) is 0 Å². The number of ether oxygens (including phenoxy) is 2. The molecular formula is C28H27ClN2O6S. The molecule has 2 heterocycles. The van der Waals surface area contributed by atoms with Gasteiger partial charge >= 0.3 is 11.9 Å². The van der Waals surface area contributed by atoms with E-state index in [1.807, 2.05) is 25.1 Å². The zero-order chi connectivity index (χ0) is 27.2. The van der Waals surface area contributed by atoms with E-state index in [1.165, 1.54) is 30.7 Å². The van der Waals surface area contributed by atoms with Crippen LogP contribution in [-0.2, 0) is 29.1 Å². The lowest BCUT2D eigenvalue weighted by atomic mass is 9.65. The summed E-state index contributed by atoms with van der Waals surface area (Å²) in [4.78, 5) is 27.1. The van der Waals surface area contributed by atoms with Crippen molar-refractivity contribution in [3.8, 4) is 0 Å². The van der Waals surface area contributed by atoms with Crippen molar-refractivity contribution >= 4 is 39.3 Å². The minimum atomic E-state index is -4.13. The lowest BCUT2D eigenvalue weighted by Gasteiger charge is -2.46. The van der Waals surface area contributed by atoms with Gasteiger partial charge in [0, 0.05) is 10.9 Å². The van der Waals surface area contributed by atoms with Gasteiger partial charge in [-0.3, -0.25) is 19.2 Å². The molecule has 2 aliphatic heterocycles. The fourth-order valence-corrected chi connectivity index (χ4v) is 7.52. The molecule has 3 aromatic carbocycles. The topological polar surface area (TPSA) is 102 Å². The summed E-state index contributed by atoms with van der Waals surface area (Å²) < 4.78 is 40.0. The monoisotopic (exact) mass is 554 g/mol. The maximum atomic E-state index is 14.1. The molecule has 38 heavy (non-hydrogen) atoms. The Morgan fingerprint density at radius 2 is 1.68 bits per heavy atom. The van der Waals surface area contributed by atoms with Crippen molar-refractivity contribution in [3.63, 3.8) is 0 Å².